The summed E-state index contributed by atoms with van der Waals surface area (Å²) in [5.74, 6) is 1.04. The highest BCUT2D eigenvalue weighted by Crippen LogP contribution is 2.26. The molecule has 3 rings (SSSR count). The van der Waals surface area contributed by atoms with E-state index in [1.165, 1.54) is 11.3 Å². The lowest BCUT2D eigenvalue weighted by Crippen LogP contribution is -2.19. The maximum absolute atomic E-state index is 12.0. The molecule has 0 spiro atoms. The zero-order valence-corrected chi connectivity index (χ0v) is 16.7. The topological polar surface area (TPSA) is 60.5 Å². The number of halogens is 2. The highest BCUT2D eigenvalue weighted by molar-refractivity contribution is 7.15. The Labute approximate surface area is 170 Å². The molecule has 0 saturated carbocycles. The molecular weight excluding hydrogens is 407 g/mol. The van der Waals surface area contributed by atoms with Crippen molar-refractivity contribution in [2.75, 3.05) is 19.0 Å². The van der Waals surface area contributed by atoms with Crippen molar-refractivity contribution in [3.8, 4) is 11.5 Å². The van der Waals surface area contributed by atoms with Gasteiger partial charge >= 0.3 is 0 Å². The number of anilines is 1. The van der Waals surface area contributed by atoms with E-state index in [0.29, 0.717) is 27.3 Å². The molecule has 3 aromatic rings. The molecule has 0 aliphatic heterocycles. The molecule has 0 bridgehead atoms. The zero-order valence-electron chi connectivity index (χ0n) is 14.4. The zero-order chi connectivity index (χ0) is 19.2. The summed E-state index contributed by atoms with van der Waals surface area (Å²) in [6.07, 6.45) is 2.39. The molecule has 0 saturated heterocycles. The largest absolute Gasteiger partial charge is 0.497 e. The molecule has 0 aliphatic carbocycles. The summed E-state index contributed by atoms with van der Waals surface area (Å²) in [4.78, 5) is 17.3. The van der Waals surface area contributed by atoms with Gasteiger partial charge < -0.3 is 9.47 Å². The molecule has 1 heterocycles. The highest BCUT2D eigenvalue weighted by Gasteiger charge is 2.09. The smallest absolute Gasteiger partial charge is 0.264 e. The molecule has 140 valence electrons. The molecule has 1 aromatic heterocycles. The van der Waals surface area contributed by atoms with E-state index in [0.717, 1.165) is 16.2 Å². The van der Waals surface area contributed by atoms with Crippen LogP contribution in [0.5, 0.6) is 11.5 Å². The molecular formula is C19H16Cl2N2O3S. The Hall–Kier alpha value is -2.28. The second-order valence-electron chi connectivity index (χ2n) is 5.57. The Kier molecular flexibility index (Phi) is 6.55. The lowest BCUT2D eigenvalue weighted by atomic mass is 10.1. The second-order valence-corrected chi connectivity index (χ2v) is 7.50. The first-order chi connectivity index (χ1) is 13.0. The summed E-state index contributed by atoms with van der Waals surface area (Å²) < 4.78 is 10.5. The van der Waals surface area contributed by atoms with Crippen LogP contribution < -0.4 is 14.8 Å². The second kappa shape index (κ2) is 9.08. The van der Waals surface area contributed by atoms with E-state index < -0.39 is 0 Å². The fourth-order valence-corrected chi connectivity index (χ4v) is 3.46. The number of nitrogens with zero attached hydrogens (tertiary/aromatic N) is 1. The van der Waals surface area contributed by atoms with Gasteiger partial charge in [-0.25, -0.2) is 4.98 Å². The Morgan fingerprint density at radius 2 is 1.85 bits per heavy atom. The fourth-order valence-electron chi connectivity index (χ4n) is 2.27. The van der Waals surface area contributed by atoms with Crippen LogP contribution in [0.3, 0.4) is 0 Å². The van der Waals surface area contributed by atoms with Crippen LogP contribution in [0.1, 0.15) is 10.4 Å². The van der Waals surface area contributed by atoms with E-state index in [-0.39, 0.29) is 12.5 Å². The number of carbonyl (C=O) groups is 1. The number of methoxy groups -OCH3 is 1. The van der Waals surface area contributed by atoms with Gasteiger partial charge in [0, 0.05) is 17.5 Å². The average molecular weight is 423 g/mol. The average Bonchev–Trinajstić information content (AvgIpc) is 3.10. The number of rotatable bonds is 7. The molecule has 1 N–H and O–H groups in total. The van der Waals surface area contributed by atoms with E-state index >= 15 is 0 Å². The SMILES string of the molecule is COc1ccc(OCC(=O)Nc2ncc(Cc3ccc(Cl)c(Cl)c3)s2)cc1. The lowest BCUT2D eigenvalue weighted by Gasteiger charge is -2.06. The van der Waals surface area contributed by atoms with Crippen LogP contribution >= 0.6 is 34.5 Å². The van der Waals surface area contributed by atoms with E-state index in [1.807, 2.05) is 12.1 Å². The first-order valence-corrected chi connectivity index (χ1v) is 9.56. The molecule has 8 heteroatoms. The van der Waals surface area contributed by atoms with Crippen LogP contribution in [0.15, 0.2) is 48.7 Å². The van der Waals surface area contributed by atoms with Gasteiger partial charge in [-0.3, -0.25) is 10.1 Å². The van der Waals surface area contributed by atoms with E-state index in [1.54, 1.807) is 43.6 Å². The number of aromatic nitrogens is 1. The normalized spacial score (nSPS) is 10.5. The maximum atomic E-state index is 12.0. The van der Waals surface area contributed by atoms with Gasteiger partial charge in [-0.15, -0.1) is 11.3 Å². The molecule has 0 atom stereocenters. The molecule has 5 nitrogen and oxygen atoms in total. The predicted octanol–water partition coefficient (Wildman–Crippen LogP) is 5.07. The van der Waals surface area contributed by atoms with E-state index in [2.05, 4.69) is 10.3 Å². The predicted molar refractivity (Wildman–Crippen MR) is 109 cm³/mol. The molecule has 0 fully saturated rings. The van der Waals surface area contributed by atoms with Gasteiger partial charge in [-0.1, -0.05) is 29.3 Å². The van der Waals surface area contributed by atoms with Crippen LogP contribution in [0.25, 0.3) is 0 Å². The molecule has 27 heavy (non-hydrogen) atoms. The monoisotopic (exact) mass is 422 g/mol. The van der Waals surface area contributed by atoms with Crippen LogP contribution in [0.4, 0.5) is 5.13 Å². The van der Waals surface area contributed by atoms with Crippen LogP contribution in [-0.4, -0.2) is 24.6 Å². The third kappa shape index (κ3) is 5.60. The van der Waals surface area contributed by atoms with Gasteiger partial charge in [0.2, 0.25) is 0 Å². The van der Waals surface area contributed by atoms with Gasteiger partial charge in [0.25, 0.3) is 5.91 Å². The highest BCUT2D eigenvalue weighted by atomic mass is 35.5. The maximum Gasteiger partial charge on any atom is 0.264 e. The molecule has 0 aliphatic rings. The Morgan fingerprint density at radius 1 is 1.11 bits per heavy atom. The minimum absolute atomic E-state index is 0.103. The number of benzene rings is 2. The summed E-state index contributed by atoms with van der Waals surface area (Å²) in [5, 5.41) is 4.29. The Bertz CT molecular complexity index is 929. The van der Waals surface area contributed by atoms with Crippen LogP contribution in [0, 0.1) is 0 Å². The fraction of sp³-hybridized carbons (Fsp3) is 0.158. The van der Waals surface area contributed by atoms with Crippen molar-refractivity contribution in [1.82, 2.24) is 4.98 Å². The van der Waals surface area contributed by atoms with Gasteiger partial charge in [0.1, 0.15) is 11.5 Å². The van der Waals surface area contributed by atoms with E-state index in [9.17, 15) is 4.79 Å². The third-order valence-electron chi connectivity index (χ3n) is 3.59. The number of ether oxygens (including phenoxy) is 2. The van der Waals surface area contributed by atoms with Gasteiger partial charge in [0.05, 0.1) is 17.2 Å². The first-order valence-electron chi connectivity index (χ1n) is 7.99. The summed E-state index contributed by atoms with van der Waals surface area (Å²) in [7, 11) is 1.59. The van der Waals surface area contributed by atoms with Gasteiger partial charge in [-0.05, 0) is 42.0 Å². The van der Waals surface area contributed by atoms with Crippen molar-refractivity contribution >= 4 is 45.6 Å². The van der Waals surface area contributed by atoms with Gasteiger partial charge in [0.15, 0.2) is 11.7 Å². The molecule has 2 aromatic carbocycles. The Morgan fingerprint density at radius 3 is 2.56 bits per heavy atom. The molecule has 0 radical (unpaired) electrons. The van der Waals surface area contributed by atoms with Crippen molar-refractivity contribution in [3.63, 3.8) is 0 Å². The van der Waals surface area contributed by atoms with Crippen LogP contribution in [0.2, 0.25) is 10.0 Å². The van der Waals surface area contributed by atoms with Crippen molar-refractivity contribution in [2.24, 2.45) is 0 Å². The minimum atomic E-state index is -0.277. The standard InChI is InChI=1S/C19H16Cl2N2O3S/c1-25-13-3-5-14(6-4-13)26-11-18(24)23-19-22-10-15(27-19)8-12-2-7-16(20)17(21)9-12/h2-7,9-10H,8,11H2,1H3,(H,22,23,24). The number of nitrogens with one attached hydrogen (secondary N) is 1. The Balaban J connectivity index is 1.51. The van der Waals surface area contributed by atoms with Crippen molar-refractivity contribution < 1.29 is 14.3 Å². The van der Waals surface area contributed by atoms with Gasteiger partial charge in [-0.2, -0.15) is 0 Å². The summed E-state index contributed by atoms with van der Waals surface area (Å²) in [5.41, 5.74) is 1.02. The summed E-state index contributed by atoms with van der Waals surface area (Å²) in [6.45, 7) is -0.103. The number of amides is 1. The number of carbonyl (C=O) groups excluding carboxylic acids is 1. The third-order valence-corrected chi connectivity index (χ3v) is 5.24. The summed E-state index contributed by atoms with van der Waals surface area (Å²) >= 11 is 13.4. The first kappa shape index (κ1) is 19.5. The lowest BCUT2D eigenvalue weighted by molar-refractivity contribution is -0.118. The van der Waals surface area contributed by atoms with E-state index in [4.69, 9.17) is 32.7 Å². The van der Waals surface area contributed by atoms with Crippen molar-refractivity contribution in [1.29, 1.82) is 0 Å². The minimum Gasteiger partial charge on any atom is -0.497 e. The number of hydrogen-bond acceptors (Lipinski definition) is 5. The number of thiazole rings is 1. The van der Waals surface area contributed by atoms with Crippen LogP contribution in [-0.2, 0) is 11.2 Å². The summed E-state index contributed by atoms with van der Waals surface area (Å²) in [6, 6.07) is 12.5. The molecule has 1 amide bonds. The quantitative estimate of drug-likeness (QED) is 0.577. The van der Waals surface area contributed by atoms with Crippen molar-refractivity contribution in [3.05, 3.63) is 69.1 Å². The molecule has 0 unspecified atom stereocenters. The van der Waals surface area contributed by atoms with Crippen molar-refractivity contribution in [2.45, 2.75) is 6.42 Å². The number of hydrogen-bond donors (Lipinski definition) is 1.